The summed E-state index contributed by atoms with van der Waals surface area (Å²) in [5.41, 5.74) is 12.2. The number of hydrogen-bond acceptors (Lipinski definition) is 4. The first-order valence-electron chi connectivity index (χ1n) is 11.1. The van der Waals surface area contributed by atoms with Crippen LogP contribution in [0.5, 0.6) is 0 Å². The van der Waals surface area contributed by atoms with Gasteiger partial charge in [0.05, 0.1) is 5.92 Å². The zero-order valence-corrected chi connectivity index (χ0v) is 19.1. The maximum atomic E-state index is 13.4. The first-order valence-corrected chi connectivity index (χ1v) is 11.1. The minimum atomic E-state index is -0.582. The highest BCUT2D eigenvalue weighted by molar-refractivity contribution is 6.07. The summed E-state index contributed by atoms with van der Waals surface area (Å²) >= 11 is 0. The number of rotatable bonds is 3. The fourth-order valence-corrected chi connectivity index (χ4v) is 5.25. The Hall–Kier alpha value is -3.15. The molecule has 168 valence electrons. The van der Waals surface area contributed by atoms with Crippen LogP contribution in [0.1, 0.15) is 68.4 Å². The van der Waals surface area contributed by atoms with E-state index < -0.39 is 11.9 Å². The molecule has 1 aliphatic carbocycles. The topological polar surface area (TPSA) is 89.7 Å². The van der Waals surface area contributed by atoms with Crippen molar-refractivity contribution in [2.75, 3.05) is 13.1 Å². The van der Waals surface area contributed by atoms with Gasteiger partial charge in [-0.25, -0.2) is 4.79 Å². The summed E-state index contributed by atoms with van der Waals surface area (Å²) in [7, 11) is 0. The Labute approximate surface area is 188 Å². The van der Waals surface area contributed by atoms with E-state index in [-0.39, 0.29) is 30.2 Å². The average Bonchev–Trinajstić information content (AvgIpc) is 3.14. The number of primary amides is 1. The van der Waals surface area contributed by atoms with Crippen molar-refractivity contribution in [3.05, 3.63) is 69.3 Å². The Bertz CT molecular complexity index is 1090. The molecule has 32 heavy (non-hydrogen) atoms. The van der Waals surface area contributed by atoms with Gasteiger partial charge in [0.25, 0.3) is 0 Å². The number of esters is 1. The van der Waals surface area contributed by atoms with Crippen LogP contribution >= 0.6 is 0 Å². The molecule has 3 atom stereocenters. The van der Waals surface area contributed by atoms with Crippen molar-refractivity contribution in [2.45, 2.75) is 58.5 Å². The number of Topliss-reactive ketones (excluding diaryl/α,β-unsaturated/α-hetero) is 1. The van der Waals surface area contributed by atoms with E-state index in [2.05, 4.69) is 0 Å². The lowest BCUT2D eigenvalue weighted by molar-refractivity contribution is -0.153. The molecular formula is C26H30N2O4. The normalized spacial score (nSPS) is 22.6. The summed E-state index contributed by atoms with van der Waals surface area (Å²) in [6, 6.07) is 9.27. The smallest absolute Gasteiger partial charge is 0.314 e. The monoisotopic (exact) mass is 434 g/mol. The number of piperidine rings is 1. The van der Waals surface area contributed by atoms with Crippen molar-refractivity contribution in [3.8, 4) is 0 Å². The first kappa shape index (κ1) is 22.1. The number of amides is 2. The molecule has 3 unspecified atom stereocenters. The molecule has 2 amide bonds. The highest BCUT2D eigenvalue weighted by atomic mass is 16.5. The number of carbonyl (C=O) groups excluding carboxylic acids is 3. The van der Waals surface area contributed by atoms with Crippen molar-refractivity contribution >= 4 is 17.8 Å². The Morgan fingerprint density at radius 1 is 1.00 bits per heavy atom. The van der Waals surface area contributed by atoms with Crippen LogP contribution in [-0.4, -0.2) is 41.9 Å². The van der Waals surface area contributed by atoms with Crippen molar-refractivity contribution in [3.63, 3.8) is 0 Å². The lowest BCUT2D eigenvalue weighted by Gasteiger charge is -2.38. The molecule has 1 aliphatic heterocycles. The molecule has 1 heterocycles. The van der Waals surface area contributed by atoms with Crippen LogP contribution in [0.15, 0.2) is 30.3 Å². The van der Waals surface area contributed by atoms with Gasteiger partial charge in [0.15, 0.2) is 5.78 Å². The third-order valence-electron chi connectivity index (χ3n) is 7.39. The van der Waals surface area contributed by atoms with Gasteiger partial charge in [-0.15, -0.1) is 0 Å². The van der Waals surface area contributed by atoms with Gasteiger partial charge in [0.2, 0.25) is 0 Å². The van der Waals surface area contributed by atoms with Gasteiger partial charge in [-0.05, 0) is 61.1 Å². The molecule has 0 radical (unpaired) electrons. The number of likely N-dealkylation sites (tertiary alicyclic amines) is 1. The molecule has 6 heteroatoms. The van der Waals surface area contributed by atoms with Gasteiger partial charge in [-0.2, -0.15) is 0 Å². The van der Waals surface area contributed by atoms with E-state index in [9.17, 15) is 14.4 Å². The summed E-state index contributed by atoms with van der Waals surface area (Å²) in [5, 5.41) is 0. The standard InChI is InChI=1S/C26H30N2O4/c1-14-15(2)17(4)24-21(29)12-19(23(24)16(14)3)25(30)32-22-10-11-28(26(27)31)13-20(22)18-8-6-5-7-9-18/h5-9,19-20,22H,10-13H2,1-4H3,(H2,27,31). The number of urea groups is 1. The van der Waals surface area contributed by atoms with E-state index >= 15 is 0 Å². The van der Waals surface area contributed by atoms with E-state index in [1.807, 2.05) is 58.0 Å². The van der Waals surface area contributed by atoms with E-state index in [0.717, 1.165) is 33.4 Å². The third-order valence-corrected chi connectivity index (χ3v) is 7.39. The summed E-state index contributed by atoms with van der Waals surface area (Å²) in [4.78, 5) is 39.6. The van der Waals surface area contributed by atoms with Crippen LogP contribution in [0.3, 0.4) is 0 Å². The van der Waals surface area contributed by atoms with Crippen LogP contribution in [-0.2, 0) is 9.53 Å². The second-order valence-corrected chi connectivity index (χ2v) is 9.03. The maximum absolute atomic E-state index is 13.4. The van der Waals surface area contributed by atoms with Gasteiger partial charge in [0.1, 0.15) is 6.10 Å². The minimum absolute atomic E-state index is 0.00815. The predicted molar refractivity (Wildman–Crippen MR) is 122 cm³/mol. The van der Waals surface area contributed by atoms with Crippen molar-refractivity contribution in [1.29, 1.82) is 0 Å². The second-order valence-electron chi connectivity index (χ2n) is 9.03. The predicted octanol–water partition coefficient (Wildman–Crippen LogP) is 4.07. The van der Waals surface area contributed by atoms with Gasteiger partial charge >= 0.3 is 12.0 Å². The zero-order chi connectivity index (χ0) is 23.2. The van der Waals surface area contributed by atoms with Crippen LogP contribution in [0.2, 0.25) is 0 Å². The van der Waals surface area contributed by atoms with E-state index in [4.69, 9.17) is 10.5 Å². The number of fused-ring (bicyclic) bond motifs is 1. The summed E-state index contributed by atoms with van der Waals surface area (Å²) in [6.45, 7) is 8.83. The summed E-state index contributed by atoms with van der Waals surface area (Å²) < 4.78 is 6.07. The summed E-state index contributed by atoms with van der Waals surface area (Å²) in [5.74, 6) is -1.10. The Morgan fingerprint density at radius 3 is 2.31 bits per heavy atom. The van der Waals surface area contributed by atoms with Crippen LogP contribution in [0.4, 0.5) is 4.79 Å². The third kappa shape index (κ3) is 3.68. The minimum Gasteiger partial charge on any atom is -0.461 e. The molecule has 0 saturated carbocycles. The number of ketones is 1. The van der Waals surface area contributed by atoms with Gasteiger partial charge in [0, 0.05) is 37.4 Å². The van der Waals surface area contributed by atoms with Crippen molar-refractivity contribution in [1.82, 2.24) is 4.90 Å². The molecule has 0 bridgehead atoms. The molecular weight excluding hydrogens is 404 g/mol. The lowest BCUT2D eigenvalue weighted by Crippen LogP contribution is -2.48. The highest BCUT2D eigenvalue weighted by Gasteiger charge is 2.41. The Kier molecular flexibility index (Phi) is 5.80. The van der Waals surface area contributed by atoms with Crippen molar-refractivity contribution < 1.29 is 19.1 Å². The SMILES string of the molecule is Cc1c(C)c(C)c2c(c1C)C(=O)CC2C(=O)OC1CCN(C(N)=O)CC1c1ccccc1. The molecule has 2 N–H and O–H groups in total. The first-order chi connectivity index (χ1) is 15.2. The molecule has 2 aliphatic rings. The van der Waals surface area contributed by atoms with Crippen LogP contribution < -0.4 is 5.73 Å². The Balaban J connectivity index is 1.63. The second kappa shape index (κ2) is 8.41. The van der Waals surface area contributed by atoms with E-state index in [1.165, 1.54) is 0 Å². The number of hydrogen-bond donors (Lipinski definition) is 1. The van der Waals surface area contributed by atoms with Crippen molar-refractivity contribution in [2.24, 2.45) is 5.73 Å². The molecule has 2 aromatic rings. The molecule has 1 fully saturated rings. The molecule has 6 nitrogen and oxygen atoms in total. The lowest BCUT2D eigenvalue weighted by atomic mass is 9.86. The van der Waals surface area contributed by atoms with Crippen LogP contribution in [0.25, 0.3) is 0 Å². The quantitative estimate of drug-likeness (QED) is 0.738. The number of nitrogens with zero attached hydrogens (tertiary/aromatic N) is 1. The Morgan fingerprint density at radius 2 is 1.66 bits per heavy atom. The van der Waals surface area contributed by atoms with Gasteiger partial charge in [-0.3, -0.25) is 9.59 Å². The van der Waals surface area contributed by atoms with Gasteiger partial charge < -0.3 is 15.4 Å². The van der Waals surface area contributed by atoms with Gasteiger partial charge in [-0.1, -0.05) is 30.3 Å². The number of ether oxygens (including phenoxy) is 1. The van der Waals surface area contributed by atoms with E-state index in [1.54, 1.807) is 4.90 Å². The number of carbonyl (C=O) groups is 3. The molecule has 1 saturated heterocycles. The fourth-order valence-electron chi connectivity index (χ4n) is 5.25. The highest BCUT2D eigenvalue weighted by Crippen LogP contribution is 2.42. The zero-order valence-electron chi connectivity index (χ0n) is 19.1. The molecule has 0 spiro atoms. The number of benzene rings is 2. The largest absolute Gasteiger partial charge is 0.461 e. The molecule has 4 rings (SSSR count). The maximum Gasteiger partial charge on any atom is 0.314 e. The molecule has 0 aromatic heterocycles. The average molecular weight is 435 g/mol. The van der Waals surface area contributed by atoms with E-state index in [0.29, 0.717) is 25.1 Å². The molecule has 2 aromatic carbocycles. The summed E-state index contributed by atoms with van der Waals surface area (Å²) in [6.07, 6.45) is 0.272. The fraction of sp³-hybridized carbons (Fsp3) is 0.423. The number of nitrogens with two attached hydrogens (primary N) is 1. The van der Waals surface area contributed by atoms with Crippen LogP contribution in [0, 0.1) is 27.7 Å².